The molecule has 0 aromatic heterocycles. The zero-order chi connectivity index (χ0) is 15.2. The fraction of sp³-hybridized carbons (Fsp3) is 0.588. The van der Waals surface area contributed by atoms with Crippen molar-refractivity contribution in [3.05, 3.63) is 35.9 Å². The third-order valence-electron chi connectivity index (χ3n) is 4.10. The van der Waals surface area contributed by atoms with Gasteiger partial charge in [-0.1, -0.05) is 44.2 Å². The van der Waals surface area contributed by atoms with Gasteiger partial charge in [0.1, 0.15) is 0 Å². The molecule has 1 heterocycles. The predicted molar refractivity (Wildman–Crippen MR) is 86.1 cm³/mol. The van der Waals surface area contributed by atoms with Crippen LogP contribution in [0, 0.1) is 5.92 Å². The summed E-state index contributed by atoms with van der Waals surface area (Å²) in [5, 5.41) is 3.28. The maximum Gasteiger partial charge on any atom is 0.236 e. The largest absolute Gasteiger partial charge is 0.339 e. The Hall–Kier alpha value is -1.39. The van der Waals surface area contributed by atoms with E-state index in [-0.39, 0.29) is 11.9 Å². The first kappa shape index (κ1) is 16.0. The molecule has 1 aromatic rings. The van der Waals surface area contributed by atoms with E-state index in [1.54, 1.807) is 0 Å². The van der Waals surface area contributed by atoms with Gasteiger partial charge in [0, 0.05) is 32.2 Å². The molecule has 4 nitrogen and oxygen atoms in total. The van der Waals surface area contributed by atoms with Crippen molar-refractivity contribution in [1.82, 2.24) is 15.1 Å². The number of likely N-dealkylation sites (N-methyl/N-ethyl adjacent to an activating group) is 1. The van der Waals surface area contributed by atoms with Gasteiger partial charge in [-0.05, 0) is 18.5 Å². The lowest BCUT2D eigenvalue weighted by molar-refractivity contribution is -0.133. The van der Waals surface area contributed by atoms with Gasteiger partial charge < -0.3 is 10.2 Å². The van der Waals surface area contributed by atoms with Crippen LogP contribution in [0.3, 0.4) is 0 Å². The number of nitrogens with zero attached hydrogens (tertiary/aromatic N) is 2. The molecular formula is C17H27N3O. The second kappa shape index (κ2) is 7.57. The molecule has 116 valence electrons. The fourth-order valence-corrected chi connectivity index (χ4v) is 3.12. The molecule has 1 aliphatic rings. The van der Waals surface area contributed by atoms with Gasteiger partial charge in [-0.2, -0.15) is 0 Å². The number of carbonyl (C=O) groups excluding carboxylic acids is 1. The standard InChI is InChI=1S/C17H27N3O/c1-14(2)17(15-7-5-4-6-8-15)19(3)13-16(21)20-11-9-18-10-12-20/h4-8,14,17-18H,9-13H2,1-3H3. The van der Waals surface area contributed by atoms with Crippen molar-refractivity contribution in [3.8, 4) is 0 Å². The van der Waals surface area contributed by atoms with Gasteiger partial charge in [0.2, 0.25) is 5.91 Å². The lowest BCUT2D eigenvalue weighted by atomic mass is 9.95. The molecule has 0 bridgehead atoms. The monoisotopic (exact) mass is 289 g/mol. The van der Waals surface area contributed by atoms with Crippen LogP contribution in [-0.4, -0.2) is 55.5 Å². The van der Waals surface area contributed by atoms with Gasteiger partial charge in [-0.15, -0.1) is 0 Å². The van der Waals surface area contributed by atoms with Gasteiger partial charge in [0.05, 0.1) is 6.54 Å². The Morgan fingerprint density at radius 2 is 1.86 bits per heavy atom. The Morgan fingerprint density at radius 1 is 1.24 bits per heavy atom. The topological polar surface area (TPSA) is 35.6 Å². The van der Waals surface area contributed by atoms with Crippen molar-refractivity contribution in [1.29, 1.82) is 0 Å². The van der Waals surface area contributed by atoms with Gasteiger partial charge in [-0.25, -0.2) is 0 Å². The highest BCUT2D eigenvalue weighted by Gasteiger charge is 2.24. The number of hydrogen-bond donors (Lipinski definition) is 1. The molecule has 0 aliphatic carbocycles. The molecule has 1 unspecified atom stereocenters. The minimum atomic E-state index is 0.237. The maximum atomic E-state index is 12.4. The lowest BCUT2D eigenvalue weighted by Crippen LogP contribution is -2.49. The van der Waals surface area contributed by atoms with Crippen molar-refractivity contribution in [2.75, 3.05) is 39.8 Å². The van der Waals surface area contributed by atoms with Crippen LogP contribution >= 0.6 is 0 Å². The highest BCUT2D eigenvalue weighted by Crippen LogP contribution is 2.27. The zero-order valence-corrected chi connectivity index (χ0v) is 13.4. The molecule has 0 spiro atoms. The Kier molecular flexibility index (Phi) is 5.76. The number of nitrogens with one attached hydrogen (secondary N) is 1. The summed E-state index contributed by atoms with van der Waals surface area (Å²) >= 11 is 0. The molecule has 0 saturated carbocycles. The highest BCUT2D eigenvalue weighted by atomic mass is 16.2. The first-order valence-electron chi connectivity index (χ1n) is 7.83. The second-order valence-corrected chi connectivity index (χ2v) is 6.15. The van der Waals surface area contributed by atoms with Crippen LogP contribution in [0.4, 0.5) is 0 Å². The lowest BCUT2D eigenvalue weighted by Gasteiger charge is -2.34. The maximum absolute atomic E-state index is 12.4. The molecule has 0 radical (unpaired) electrons. The van der Waals surface area contributed by atoms with Gasteiger partial charge >= 0.3 is 0 Å². The SMILES string of the molecule is CC(C)C(c1ccccc1)N(C)CC(=O)N1CCNCC1. The summed E-state index contributed by atoms with van der Waals surface area (Å²) in [6, 6.07) is 10.7. The normalized spacial score (nSPS) is 17.3. The Bertz CT molecular complexity index is 441. The molecule has 1 fully saturated rings. The number of hydrogen-bond acceptors (Lipinski definition) is 3. The number of carbonyl (C=O) groups is 1. The van der Waals surface area contributed by atoms with Crippen LogP contribution in [0.25, 0.3) is 0 Å². The smallest absolute Gasteiger partial charge is 0.236 e. The van der Waals surface area contributed by atoms with E-state index in [0.29, 0.717) is 12.5 Å². The summed E-state index contributed by atoms with van der Waals surface area (Å²) in [6.07, 6.45) is 0. The number of piperazine rings is 1. The van der Waals surface area contributed by atoms with E-state index in [1.165, 1.54) is 5.56 Å². The van der Waals surface area contributed by atoms with Crippen LogP contribution in [0.1, 0.15) is 25.5 Å². The van der Waals surface area contributed by atoms with E-state index < -0.39 is 0 Å². The Balaban J connectivity index is 2.01. The first-order valence-corrected chi connectivity index (χ1v) is 7.83. The Morgan fingerprint density at radius 3 is 2.43 bits per heavy atom. The van der Waals surface area contributed by atoms with Crippen molar-refractivity contribution in [2.24, 2.45) is 5.92 Å². The fourth-order valence-electron chi connectivity index (χ4n) is 3.12. The van der Waals surface area contributed by atoms with Gasteiger partial charge in [-0.3, -0.25) is 9.69 Å². The summed E-state index contributed by atoms with van der Waals surface area (Å²) in [5.41, 5.74) is 1.28. The van der Waals surface area contributed by atoms with Gasteiger partial charge in [0.25, 0.3) is 0 Å². The molecule has 2 rings (SSSR count). The minimum Gasteiger partial charge on any atom is -0.339 e. The molecule has 1 atom stereocenters. The third-order valence-corrected chi connectivity index (χ3v) is 4.10. The number of rotatable bonds is 5. The first-order chi connectivity index (χ1) is 10.1. The summed E-state index contributed by atoms with van der Waals surface area (Å²) in [5.74, 6) is 0.703. The average molecular weight is 289 g/mol. The van der Waals surface area contributed by atoms with Crippen molar-refractivity contribution in [2.45, 2.75) is 19.9 Å². The van der Waals surface area contributed by atoms with Crippen LogP contribution in [0.5, 0.6) is 0 Å². The molecule has 1 aromatic carbocycles. The van der Waals surface area contributed by atoms with Crippen LogP contribution in [0.2, 0.25) is 0 Å². The summed E-state index contributed by atoms with van der Waals surface area (Å²) in [6.45, 7) is 8.36. The van der Waals surface area contributed by atoms with E-state index >= 15 is 0 Å². The number of amides is 1. The minimum absolute atomic E-state index is 0.237. The Labute approximate surface area is 128 Å². The van der Waals surface area contributed by atoms with Crippen molar-refractivity contribution >= 4 is 5.91 Å². The van der Waals surface area contributed by atoms with Crippen LogP contribution < -0.4 is 5.32 Å². The summed E-state index contributed by atoms with van der Waals surface area (Å²) < 4.78 is 0. The predicted octanol–water partition coefficient (Wildman–Crippen LogP) is 1.75. The quantitative estimate of drug-likeness (QED) is 0.897. The average Bonchev–Trinajstić information content (AvgIpc) is 2.49. The molecular weight excluding hydrogens is 262 g/mol. The highest BCUT2D eigenvalue weighted by molar-refractivity contribution is 5.78. The molecule has 1 amide bonds. The van der Waals surface area contributed by atoms with Crippen molar-refractivity contribution in [3.63, 3.8) is 0 Å². The van der Waals surface area contributed by atoms with E-state index in [0.717, 1.165) is 26.2 Å². The zero-order valence-electron chi connectivity index (χ0n) is 13.4. The molecule has 4 heteroatoms. The van der Waals surface area contributed by atoms with Crippen LogP contribution in [-0.2, 0) is 4.79 Å². The van der Waals surface area contributed by atoms with Crippen LogP contribution in [0.15, 0.2) is 30.3 Å². The molecule has 1 saturated heterocycles. The summed E-state index contributed by atoms with van der Waals surface area (Å²) in [7, 11) is 2.05. The van der Waals surface area contributed by atoms with E-state index in [2.05, 4.69) is 55.4 Å². The molecule has 1 aliphatic heterocycles. The van der Waals surface area contributed by atoms with Crippen molar-refractivity contribution < 1.29 is 4.79 Å². The summed E-state index contributed by atoms with van der Waals surface area (Å²) in [4.78, 5) is 16.6. The molecule has 1 N–H and O–H groups in total. The van der Waals surface area contributed by atoms with E-state index in [1.807, 2.05) is 11.0 Å². The van der Waals surface area contributed by atoms with Gasteiger partial charge in [0.15, 0.2) is 0 Å². The number of benzene rings is 1. The second-order valence-electron chi connectivity index (χ2n) is 6.15. The van der Waals surface area contributed by atoms with E-state index in [4.69, 9.17) is 0 Å². The molecule has 21 heavy (non-hydrogen) atoms. The van der Waals surface area contributed by atoms with E-state index in [9.17, 15) is 4.79 Å². The third kappa shape index (κ3) is 4.29.